The SMILES string of the molecule is Cc1nc(N)oc1[C@@H](O)c1ccccc1. The molecule has 0 saturated carbocycles. The Bertz CT molecular complexity index is 451. The summed E-state index contributed by atoms with van der Waals surface area (Å²) in [6, 6.07) is 9.32. The number of hydrogen-bond acceptors (Lipinski definition) is 4. The Labute approximate surface area is 87.4 Å². The molecule has 0 amide bonds. The van der Waals surface area contributed by atoms with Crippen molar-refractivity contribution in [1.29, 1.82) is 0 Å². The van der Waals surface area contributed by atoms with Gasteiger partial charge < -0.3 is 15.3 Å². The third kappa shape index (κ3) is 1.85. The molecule has 0 bridgehead atoms. The number of aliphatic hydroxyl groups excluding tert-OH is 1. The molecule has 0 aliphatic carbocycles. The summed E-state index contributed by atoms with van der Waals surface area (Å²) in [5.74, 6) is 0.402. The number of rotatable bonds is 2. The van der Waals surface area contributed by atoms with Crippen LogP contribution in [-0.4, -0.2) is 10.1 Å². The second kappa shape index (κ2) is 3.74. The van der Waals surface area contributed by atoms with Crippen LogP contribution >= 0.6 is 0 Å². The van der Waals surface area contributed by atoms with Crippen molar-refractivity contribution in [3.8, 4) is 0 Å². The van der Waals surface area contributed by atoms with Crippen LogP contribution in [0, 0.1) is 6.92 Å². The Morgan fingerprint density at radius 2 is 2.00 bits per heavy atom. The molecule has 0 radical (unpaired) electrons. The molecule has 4 nitrogen and oxygen atoms in total. The van der Waals surface area contributed by atoms with Crippen LogP contribution in [0.15, 0.2) is 34.7 Å². The second-order valence-corrected chi connectivity index (χ2v) is 3.31. The van der Waals surface area contributed by atoms with Gasteiger partial charge in [-0.05, 0) is 12.5 Å². The summed E-state index contributed by atoms with van der Waals surface area (Å²) in [5, 5.41) is 10.00. The first-order valence-corrected chi connectivity index (χ1v) is 4.64. The third-order valence-corrected chi connectivity index (χ3v) is 2.21. The van der Waals surface area contributed by atoms with E-state index < -0.39 is 6.10 Å². The summed E-state index contributed by atoms with van der Waals surface area (Å²) in [6.45, 7) is 1.75. The smallest absolute Gasteiger partial charge is 0.292 e. The van der Waals surface area contributed by atoms with E-state index in [0.29, 0.717) is 11.5 Å². The molecule has 0 fully saturated rings. The summed E-state index contributed by atoms with van der Waals surface area (Å²) >= 11 is 0. The van der Waals surface area contributed by atoms with E-state index in [1.54, 1.807) is 6.92 Å². The summed E-state index contributed by atoms with van der Waals surface area (Å²) in [7, 11) is 0. The molecule has 0 saturated heterocycles. The van der Waals surface area contributed by atoms with Crippen molar-refractivity contribution in [1.82, 2.24) is 4.98 Å². The van der Waals surface area contributed by atoms with E-state index in [4.69, 9.17) is 10.2 Å². The Morgan fingerprint density at radius 3 is 2.53 bits per heavy atom. The number of nitrogen functional groups attached to an aromatic ring is 1. The van der Waals surface area contributed by atoms with Crippen molar-refractivity contribution in [3.63, 3.8) is 0 Å². The summed E-state index contributed by atoms with van der Waals surface area (Å²) < 4.78 is 5.15. The lowest BCUT2D eigenvalue weighted by Gasteiger charge is -2.07. The first-order valence-electron chi connectivity index (χ1n) is 4.64. The maximum Gasteiger partial charge on any atom is 0.292 e. The van der Waals surface area contributed by atoms with Gasteiger partial charge in [-0.2, -0.15) is 4.98 Å². The minimum atomic E-state index is -0.809. The highest BCUT2D eigenvalue weighted by Gasteiger charge is 2.18. The molecule has 78 valence electrons. The van der Waals surface area contributed by atoms with E-state index in [1.807, 2.05) is 30.3 Å². The van der Waals surface area contributed by atoms with E-state index in [-0.39, 0.29) is 6.01 Å². The summed E-state index contributed by atoms with van der Waals surface area (Å²) in [4.78, 5) is 3.91. The minimum Gasteiger partial charge on any atom is -0.425 e. The number of aromatic nitrogens is 1. The fourth-order valence-corrected chi connectivity index (χ4v) is 1.47. The molecule has 1 atom stereocenters. The number of anilines is 1. The van der Waals surface area contributed by atoms with Gasteiger partial charge in [0.25, 0.3) is 6.01 Å². The van der Waals surface area contributed by atoms with Crippen LogP contribution in [0.3, 0.4) is 0 Å². The van der Waals surface area contributed by atoms with Crippen LogP contribution < -0.4 is 5.73 Å². The van der Waals surface area contributed by atoms with E-state index in [0.717, 1.165) is 5.56 Å². The van der Waals surface area contributed by atoms with Gasteiger partial charge in [-0.1, -0.05) is 30.3 Å². The normalized spacial score (nSPS) is 12.7. The fourth-order valence-electron chi connectivity index (χ4n) is 1.47. The van der Waals surface area contributed by atoms with Crippen molar-refractivity contribution < 1.29 is 9.52 Å². The van der Waals surface area contributed by atoms with Gasteiger partial charge in [0, 0.05) is 0 Å². The van der Waals surface area contributed by atoms with Gasteiger partial charge in [0.1, 0.15) is 6.10 Å². The third-order valence-electron chi connectivity index (χ3n) is 2.21. The number of aryl methyl sites for hydroxylation is 1. The van der Waals surface area contributed by atoms with Gasteiger partial charge in [-0.15, -0.1) is 0 Å². The Morgan fingerprint density at radius 1 is 1.33 bits per heavy atom. The van der Waals surface area contributed by atoms with Crippen molar-refractivity contribution >= 4 is 6.01 Å². The fraction of sp³-hybridized carbons (Fsp3) is 0.182. The van der Waals surface area contributed by atoms with E-state index in [2.05, 4.69) is 4.98 Å². The van der Waals surface area contributed by atoms with Crippen LogP contribution in [0.4, 0.5) is 6.01 Å². The lowest BCUT2D eigenvalue weighted by Crippen LogP contribution is -1.99. The molecular formula is C11H12N2O2. The van der Waals surface area contributed by atoms with Gasteiger partial charge in [0.2, 0.25) is 0 Å². The molecule has 1 heterocycles. The average Bonchev–Trinajstić information content (AvgIpc) is 2.58. The number of nitrogens with two attached hydrogens (primary N) is 1. The highest BCUT2D eigenvalue weighted by Crippen LogP contribution is 2.25. The molecular weight excluding hydrogens is 192 g/mol. The molecule has 0 unspecified atom stereocenters. The first-order chi connectivity index (χ1) is 7.18. The number of hydrogen-bond donors (Lipinski definition) is 2. The highest BCUT2D eigenvalue weighted by atomic mass is 16.4. The predicted molar refractivity (Wildman–Crippen MR) is 56.2 cm³/mol. The molecule has 0 aliphatic heterocycles. The number of aliphatic hydroxyl groups is 1. The van der Waals surface area contributed by atoms with Crippen molar-refractivity contribution in [2.24, 2.45) is 0 Å². The van der Waals surface area contributed by atoms with Crippen LogP contribution in [0.5, 0.6) is 0 Å². The molecule has 0 spiro atoms. The van der Waals surface area contributed by atoms with Crippen molar-refractivity contribution in [2.45, 2.75) is 13.0 Å². The number of oxazole rings is 1. The lowest BCUT2D eigenvalue weighted by molar-refractivity contribution is 0.190. The lowest BCUT2D eigenvalue weighted by atomic mass is 10.1. The van der Waals surface area contributed by atoms with Gasteiger partial charge >= 0.3 is 0 Å². The molecule has 0 aliphatic rings. The van der Waals surface area contributed by atoms with Gasteiger partial charge in [0.15, 0.2) is 5.76 Å². The highest BCUT2D eigenvalue weighted by molar-refractivity contribution is 5.29. The monoisotopic (exact) mass is 204 g/mol. The van der Waals surface area contributed by atoms with Gasteiger partial charge in [0.05, 0.1) is 5.69 Å². The van der Waals surface area contributed by atoms with Crippen molar-refractivity contribution in [2.75, 3.05) is 5.73 Å². The minimum absolute atomic E-state index is 0.0810. The molecule has 1 aromatic heterocycles. The largest absolute Gasteiger partial charge is 0.425 e. The van der Waals surface area contributed by atoms with Crippen LogP contribution in [-0.2, 0) is 0 Å². The zero-order valence-electron chi connectivity index (χ0n) is 8.34. The van der Waals surface area contributed by atoms with E-state index >= 15 is 0 Å². The Kier molecular flexibility index (Phi) is 2.43. The van der Waals surface area contributed by atoms with Crippen molar-refractivity contribution in [3.05, 3.63) is 47.3 Å². The Balaban J connectivity index is 2.36. The van der Waals surface area contributed by atoms with Crippen LogP contribution in [0.1, 0.15) is 23.1 Å². The standard InChI is InChI=1S/C11H12N2O2/c1-7-10(15-11(12)13-7)9(14)8-5-3-2-4-6-8/h2-6,9,14H,1H3,(H2,12,13)/t9-/m0/s1. The van der Waals surface area contributed by atoms with Crippen LogP contribution in [0.2, 0.25) is 0 Å². The average molecular weight is 204 g/mol. The number of nitrogens with zero attached hydrogens (tertiary/aromatic N) is 1. The maximum atomic E-state index is 10.00. The summed E-state index contributed by atoms with van der Waals surface area (Å²) in [5.41, 5.74) is 6.78. The summed E-state index contributed by atoms with van der Waals surface area (Å²) in [6.07, 6.45) is -0.809. The van der Waals surface area contributed by atoms with Crippen LogP contribution in [0.25, 0.3) is 0 Å². The number of benzene rings is 1. The quantitative estimate of drug-likeness (QED) is 0.780. The van der Waals surface area contributed by atoms with E-state index in [9.17, 15) is 5.11 Å². The molecule has 3 N–H and O–H groups in total. The molecule has 15 heavy (non-hydrogen) atoms. The Hall–Kier alpha value is -1.81. The zero-order valence-corrected chi connectivity index (χ0v) is 8.34. The molecule has 2 aromatic rings. The van der Waals surface area contributed by atoms with Gasteiger partial charge in [-0.25, -0.2) is 0 Å². The second-order valence-electron chi connectivity index (χ2n) is 3.31. The topological polar surface area (TPSA) is 72.3 Å². The van der Waals surface area contributed by atoms with E-state index in [1.165, 1.54) is 0 Å². The van der Waals surface area contributed by atoms with Gasteiger partial charge in [-0.3, -0.25) is 0 Å². The predicted octanol–water partition coefficient (Wildman–Crippen LogP) is 1.65. The molecule has 2 rings (SSSR count). The zero-order chi connectivity index (χ0) is 10.8. The maximum absolute atomic E-state index is 10.00. The molecule has 1 aromatic carbocycles. The first kappa shape index (κ1) is 9.73. The molecule has 4 heteroatoms.